The number of nitrogens with zero attached hydrogens (tertiary/aromatic N) is 3. The Labute approximate surface area is 165 Å². The Kier molecular flexibility index (Phi) is 5.40. The molecule has 4 nitrogen and oxygen atoms in total. The van der Waals surface area contributed by atoms with Gasteiger partial charge in [-0.3, -0.25) is 4.79 Å². The van der Waals surface area contributed by atoms with Gasteiger partial charge in [-0.1, -0.05) is 18.2 Å². The van der Waals surface area contributed by atoms with E-state index >= 15 is 0 Å². The number of carbonyl (C=O) groups excluding carboxylic acids is 1. The minimum Gasteiger partial charge on any atom is -0.334 e. The lowest BCUT2D eigenvalue weighted by Gasteiger charge is -2.28. The molecule has 2 fully saturated rings. The predicted octanol–water partition coefficient (Wildman–Crippen LogP) is 4.06. The van der Waals surface area contributed by atoms with Crippen LogP contribution in [0, 0.1) is 17.1 Å². The third kappa shape index (κ3) is 3.79. The minimum absolute atomic E-state index is 0.133. The minimum atomic E-state index is -0.503. The number of likely N-dealkylation sites (tertiary alicyclic amines) is 2. The first-order valence-electron chi connectivity index (χ1n) is 9.99. The van der Waals surface area contributed by atoms with Gasteiger partial charge >= 0.3 is 0 Å². The summed E-state index contributed by atoms with van der Waals surface area (Å²) in [6.45, 7) is 3.79. The summed E-state index contributed by atoms with van der Waals surface area (Å²) in [4.78, 5) is 17.3. The quantitative estimate of drug-likeness (QED) is 0.807. The summed E-state index contributed by atoms with van der Waals surface area (Å²) in [5.41, 5.74) is 2.10. The highest BCUT2D eigenvalue weighted by molar-refractivity contribution is 5.95. The van der Waals surface area contributed by atoms with Gasteiger partial charge < -0.3 is 9.80 Å². The molecule has 2 aromatic rings. The monoisotopic (exact) mass is 377 g/mol. The van der Waals surface area contributed by atoms with E-state index < -0.39 is 5.82 Å². The van der Waals surface area contributed by atoms with Gasteiger partial charge in [0.15, 0.2) is 0 Å². The summed E-state index contributed by atoms with van der Waals surface area (Å²) < 4.78 is 14.8. The van der Waals surface area contributed by atoms with Crippen molar-refractivity contribution in [3.63, 3.8) is 0 Å². The van der Waals surface area contributed by atoms with Crippen molar-refractivity contribution in [3.05, 3.63) is 59.4 Å². The largest absolute Gasteiger partial charge is 0.334 e. The number of hydrogen-bond acceptors (Lipinski definition) is 3. The van der Waals surface area contributed by atoms with Gasteiger partial charge in [-0.15, -0.1) is 0 Å². The van der Waals surface area contributed by atoms with E-state index in [4.69, 9.17) is 5.26 Å². The molecule has 0 aliphatic carbocycles. The first-order valence-corrected chi connectivity index (χ1v) is 9.99. The molecule has 0 spiro atoms. The van der Waals surface area contributed by atoms with Crippen molar-refractivity contribution in [1.82, 2.24) is 9.80 Å². The van der Waals surface area contributed by atoms with Crippen LogP contribution in [0.4, 0.5) is 4.39 Å². The predicted molar refractivity (Wildman–Crippen MR) is 106 cm³/mol. The Morgan fingerprint density at radius 3 is 2.61 bits per heavy atom. The zero-order valence-electron chi connectivity index (χ0n) is 15.9. The molecule has 2 aliphatic heterocycles. The normalized spacial score (nSPS) is 19.7. The van der Waals surface area contributed by atoms with Gasteiger partial charge in [0.2, 0.25) is 0 Å². The average molecular weight is 377 g/mol. The van der Waals surface area contributed by atoms with Gasteiger partial charge in [0, 0.05) is 19.1 Å². The fraction of sp³-hybridized carbons (Fsp3) is 0.391. The summed E-state index contributed by atoms with van der Waals surface area (Å²) in [5.74, 6) is -0.715. The molecular weight excluding hydrogens is 353 g/mol. The number of carbonyl (C=O) groups is 1. The van der Waals surface area contributed by atoms with Crippen LogP contribution in [0.3, 0.4) is 0 Å². The zero-order valence-corrected chi connectivity index (χ0v) is 15.9. The third-order valence-corrected chi connectivity index (χ3v) is 5.83. The van der Waals surface area contributed by atoms with Crippen molar-refractivity contribution in [2.75, 3.05) is 26.2 Å². The highest BCUT2D eigenvalue weighted by Gasteiger charge is 2.32. The summed E-state index contributed by atoms with van der Waals surface area (Å²) in [7, 11) is 0. The Balaban J connectivity index is 1.53. The van der Waals surface area contributed by atoms with Gasteiger partial charge in [0.25, 0.3) is 5.91 Å². The van der Waals surface area contributed by atoms with Crippen molar-refractivity contribution < 1.29 is 9.18 Å². The van der Waals surface area contributed by atoms with Crippen LogP contribution in [0.2, 0.25) is 0 Å². The Hall–Kier alpha value is -2.71. The van der Waals surface area contributed by atoms with Crippen LogP contribution in [0.15, 0.2) is 42.5 Å². The molecule has 0 N–H and O–H groups in total. The van der Waals surface area contributed by atoms with E-state index in [0.29, 0.717) is 17.7 Å². The van der Waals surface area contributed by atoms with E-state index in [1.807, 2.05) is 11.0 Å². The van der Waals surface area contributed by atoms with Crippen LogP contribution in [0.1, 0.15) is 41.6 Å². The number of rotatable bonds is 4. The van der Waals surface area contributed by atoms with Crippen molar-refractivity contribution in [2.24, 2.45) is 0 Å². The topological polar surface area (TPSA) is 47.3 Å². The van der Waals surface area contributed by atoms with Crippen molar-refractivity contribution >= 4 is 5.91 Å². The van der Waals surface area contributed by atoms with E-state index in [0.717, 1.165) is 38.0 Å². The molecule has 28 heavy (non-hydrogen) atoms. The van der Waals surface area contributed by atoms with Gasteiger partial charge in [-0.25, -0.2) is 4.39 Å². The fourth-order valence-electron chi connectivity index (χ4n) is 4.35. The summed E-state index contributed by atoms with van der Waals surface area (Å²) in [6, 6.07) is 14.1. The average Bonchev–Trinajstić information content (AvgIpc) is 3.40. The molecule has 1 amide bonds. The Bertz CT molecular complexity index is 914. The molecule has 2 saturated heterocycles. The van der Waals surface area contributed by atoms with E-state index in [2.05, 4.69) is 11.0 Å². The van der Waals surface area contributed by atoms with Crippen molar-refractivity contribution in [1.29, 1.82) is 5.26 Å². The lowest BCUT2D eigenvalue weighted by molar-refractivity contribution is 0.0704. The van der Waals surface area contributed by atoms with Crippen LogP contribution in [0.25, 0.3) is 11.1 Å². The number of benzene rings is 2. The number of halogens is 1. The third-order valence-electron chi connectivity index (χ3n) is 5.83. The maximum atomic E-state index is 14.8. The Morgan fingerprint density at radius 1 is 1.07 bits per heavy atom. The number of hydrogen-bond donors (Lipinski definition) is 0. The van der Waals surface area contributed by atoms with Gasteiger partial charge in [-0.05, 0) is 74.2 Å². The molecule has 0 saturated carbocycles. The molecule has 144 valence electrons. The summed E-state index contributed by atoms with van der Waals surface area (Å²) >= 11 is 0. The molecule has 5 heteroatoms. The summed E-state index contributed by atoms with van der Waals surface area (Å²) in [5, 5.41) is 9.05. The smallest absolute Gasteiger partial charge is 0.257 e. The lowest BCUT2D eigenvalue weighted by Crippen LogP contribution is -2.42. The van der Waals surface area contributed by atoms with Gasteiger partial charge in [0.1, 0.15) is 5.82 Å². The standard InChI is InChI=1S/C23H24FN3O/c24-22-14-19(18-6-3-5-17(13-18)15-25)8-9-21(22)23(28)27-12-4-7-20(27)16-26-10-1-2-11-26/h3,5-6,8-9,13-14,20H,1-2,4,7,10-12,16H2. The van der Waals surface area contributed by atoms with Crippen LogP contribution in [0.5, 0.6) is 0 Å². The first-order chi connectivity index (χ1) is 13.7. The van der Waals surface area contributed by atoms with Gasteiger partial charge in [-0.2, -0.15) is 5.26 Å². The van der Waals surface area contributed by atoms with E-state index in [1.54, 1.807) is 30.3 Å². The zero-order chi connectivity index (χ0) is 19.5. The SMILES string of the molecule is N#Cc1cccc(-c2ccc(C(=O)N3CCCC3CN3CCCC3)c(F)c2)c1. The molecule has 0 radical (unpaired) electrons. The molecule has 0 bridgehead atoms. The molecule has 2 heterocycles. The fourth-order valence-corrected chi connectivity index (χ4v) is 4.35. The second-order valence-electron chi connectivity index (χ2n) is 7.69. The second-order valence-corrected chi connectivity index (χ2v) is 7.69. The lowest BCUT2D eigenvalue weighted by atomic mass is 10.0. The van der Waals surface area contributed by atoms with Crippen LogP contribution < -0.4 is 0 Å². The van der Waals surface area contributed by atoms with Crippen LogP contribution in [-0.2, 0) is 0 Å². The van der Waals surface area contributed by atoms with Crippen molar-refractivity contribution in [2.45, 2.75) is 31.7 Å². The molecule has 4 rings (SSSR count). The maximum absolute atomic E-state index is 14.8. The highest BCUT2D eigenvalue weighted by Crippen LogP contribution is 2.26. The highest BCUT2D eigenvalue weighted by atomic mass is 19.1. The second kappa shape index (κ2) is 8.12. The molecule has 1 unspecified atom stereocenters. The Morgan fingerprint density at radius 2 is 1.86 bits per heavy atom. The molecular formula is C23H24FN3O. The number of amides is 1. The van der Waals surface area contributed by atoms with Crippen molar-refractivity contribution in [3.8, 4) is 17.2 Å². The molecule has 2 aromatic carbocycles. The first kappa shape index (κ1) is 18.6. The van der Waals surface area contributed by atoms with E-state index in [1.165, 1.54) is 18.9 Å². The number of nitriles is 1. The molecule has 0 aromatic heterocycles. The van der Waals surface area contributed by atoms with Crippen LogP contribution in [-0.4, -0.2) is 47.9 Å². The maximum Gasteiger partial charge on any atom is 0.257 e. The summed E-state index contributed by atoms with van der Waals surface area (Å²) in [6.07, 6.45) is 4.42. The molecule has 2 aliphatic rings. The van der Waals surface area contributed by atoms with E-state index in [9.17, 15) is 9.18 Å². The van der Waals surface area contributed by atoms with Crippen LogP contribution >= 0.6 is 0 Å². The van der Waals surface area contributed by atoms with E-state index in [-0.39, 0.29) is 17.5 Å². The van der Waals surface area contributed by atoms with Gasteiger partial charge in [0.05, 0.1) is 17.2 Å². The molecule has 1 atom stereocenters.